The molecule has 4 aromatic carbocycles. The van der Waals surface area contributed by atoms with Gasteiger partial charge in [0.25, 0.3) is 0 Å². The third-order valence-corrected chi connectivity index (χ3v) is 16.4. The van der Waals surface area contributed by atoms with E-state index in [1.165, 1.54) is 22.3 Å². The molecule has 0 spiro atoms. The second kappa shape index (κ2) is 68.9. The normalized spacial score (nSPS) is 13.8. The van der Waals surface area contributed by atoms with Crippen molar-refractivity contribution in [3.63, 3.8) is 0 Å². The van der Waals surface area contributed by atoms with Gasteiger partial charge in [-0.1, -0.05) is 48.5 Å². The van der Waals surface area contributed by atoms with E-state index in [0.717, 1.165) is 102 Å². The molecule has 616 valence electrons. The molecule has 0 saturated carbocycles. The minimum Gasteiger partial charge on any atom is -0.491 e. The Bertz CT molecular complexity index is 2210. The molecule has 0 aliphatic carbocycles. The number of hydrogen-bond acceptors (Lipinski definition) is 28. The smallest absolute Gasteiger partial charge is 0.119 e. The van der Waals surface area contributed by atoms with Crippen molar-refractivity contribution in [3.05, 3.63) is 119 Å². The fourth-order valence-corrected chi connectivity index (χ4v) is 10.5. The maximum atomic E-state index is 6.12. The van der Waals surface area contributed by atoms with Crippen LogP contribution in [0.15, 0.2) is 97.1 Å². The first-order valence-corrected chi connectivity index (χ1v) is 38.5. The van der Waals surface area contributed by atoms with Gasteiger partial charge < -0.3 is 114 Å². The molecule has 0 bridgehead atoms. The summed E-state index contributed by atoms with van der Waals surface area (Å²) in [7, 11) is 6.62. The van der Waals surface area contributed by atoms with Crippen LogP contribution in [0.3, 0.4) is 0 Å². The predicted molar refractivity (Wildman–Crippen MR) is 409 cm³/mol. The molecule has 1 saturated heterocycles. The topological polar surface area (TPSA) is 234 Å². The van der Waals surface area contributed by atoms with Crippen LogP contribution < -0.4 is 18.9 Å². The number of ether oxygens (including phenoxy) is 24. The van der Waals surface area contributed by atoms with Crippen molar-refractivity contribution in [1.82, 2.24) is 19.6 Å². The van der Waals surface area contributed by atoms with E-state index in [4.69, 9.17) is 114 Å². The Morgan fingerprint density at radius 2 is 0.287 bits per heavy atom. The number of nitrogens with zero attached hydrogens (tertiary/aromatic N) is 4. The molecule has 1 fully saturated rings. The summed E-state index contributed by atoms with van der Waals surface area (Å²) >= 11 is 0. The maximum Gasteiger partial charge on any atom is 0.119 e. The minimum atomic E-state index is 0.434. The highest BCUT2D eigenvalue weighted by atomic mass is 16.6. The molecule has 1 heterocycles. The van der Waals surface area contributed by atoms with Crippen LogP contribution in [0.2, 0.25) is 0 Å². The molecule has 0 unspecified atom stereocenters. The first-order valence-electron chi connectivity index (χ1n) is 38.5. The lowest BCUT2D eigenvalue weighted by Crippen LogP contribution is -2.45. The second-order valence-electron chi connectivity index (χ2n) is 24.8. The van der Waals surface area contributed by atoms with Gasteiger partial charge in [-0.05, 0) is 70.8 Å². The molecule has 1 aliphatic rings. The van der Waals surface area contributed by atoms with E-state index in [-0.39, 0.29) is 0 Å². The van der Waals surface area contributed by atoms with Gasteiger partial charge in [0, 0.05) is 107 Å². The van der Waals surface area contributed by atoms with Gasteiger partial charge in [0.1, 0.15) is 49.4 Å². The minimum absolute atomic E-state index is 0.434. The van der Waals surface area contributed by atoms with Crippen molar-refractivity contribution >= 4 is 0 Å². The average molecular weight is 1530 g/mol. The van der Waals surface area contributed by atoms with E-state index in [2.05, 4.69) is 117 Å². The fourth-order valence-electron chi connectivity index (χ4n) is 10.5. The Labute approximate surface area is 644 Å². The molecule has 28 heteroatoms. The van der Waals surface area contributed by atoms with E-state index in [1.54, 1.807) is 28.4 Å². The lowest BCUT2D eigenvalue weighted by molar-refractivity contribution is -0.00978. The first kappa shape index (κ1) is 93.7. The highest BCUT2D eigenvalue weighted by Gasteiger charge is 2.19. The Morgan fingerprint density at radius 3 is 0.417 bits per heavy atom. The van der Waals surface area contributed by atoms with Crippen molar-refractivity contribution in [2.24, 2.45) is 0 Å². The number of methoxy groups -OCH3 is 4. The Hall–Kier alpha value is -4.88. The molecule has 5 rings (SSSR count). The van der Waals surface area contributed by atoms with E-state index in [9.17, 15) is 0 Å². The standard InChI is InChI=1S/C80H132N4O24/c1-85-29-33-89-37-41-93-45-49-97-53-57-101-61-65-105-77-13-5-73(6-14-77)69-81-21-23-82(70-74-7-15-78(16-8-74)106-66-62-102-58-54-98-50-46-94-42-38-90-34-30-86-2)25-27-84(72-76-11-19-80(20-12-76)108-68-64-104-60-56-100-52-48-96-44-40-92-36-32-88-4)28-26-83(24-22-81)71-75-9-17-79(18-10-75)107-67-63-103-59-55-99-51-47-95-43-39-91-35-31-87-3/h5-20H,21-72H2,1-4H3. The molecule has 4 aromatic rings. The highest BCUT2D eigenvalue weighted by Crippen LogP contribution is 2.20. The highest BCUT2D eigenvalue weighted by molar-refractivity contribution is 5.30. The van der Waals surface area contributed by atoms with Crippen molar-refractivity contribution in [3.8, 4) is 23.0 Å². The first-order chi connectivity index (χ1) is 53.5. The van der Waals surface area contributed by atoms with Crippen LogP contribution in [-0.2, 0) is 121 Å². The number of hydrogen-bond donors (Lipinski definition) is 0. The Balaban J connectivity index is 1.17. The summed E-state index contributed by atoms with van der Waals surface area (Å²) in [6.45, 7) is 30.2. The quantitative estimate of drug-likeness (QED) is 0.0436. The van der Waals surface area contributed by atoms with Gasteiger partial charge in [0.2, 0.25) is 0 Å². The molecule has 1 aliphatic heterocycles. The van der Waals surface area contributed by atoms with Crippen molar-refractivity contribution in [2.45, 2.75) is 26.2 Å². The lowest BCUT2D eigenvalue weighted by atomic mass is 10.1. The summed E-state index contributed by atoms with van der Waals surface area (Å²) in [5.41, 5.74) is 4.87. The molecule has 108 heavy (non-hydrogen) atoms. The third kappa shape index (κ3) is 52.4. The maximum absolute atomic E-state index is 6.12. The SMILES string of the molecule is COCCOCCOCCOCCOCCOc1ccc(CN2CCN(Cc3ccc(OCCOCCOCCOCCOCCOC)cc3)CCN(Cc3ccc(OCCOCCOCCOCCOCCOC)cc3)CCN(Cc3ccc(OCCOCCOCCOCCOCCOC)cc3)CC2)cc1. The zero-order valence-corrected chi connectivity index (χ0v) is 65.6. The van der Waals surface area contributed by atoms with Gasteiger partial charge in [0.05, 0.1) is 238 Å². The Kier molecular flexibility index (Phi) is 59.8. The van der Waals surface area contributed by atoms with Crippen LogP contribution in [0.25, 0.3) is 0 Å². The summed E-state index contributed by atoms with van der Waals surface area (Å²) in [6, 6.07) is 33.9. The molecule has 0 radical (unpaired) electrons. The molecule has 28 nitrogen and oxygen atoms in total. The van der Waals surface area contributed by atoms with Gasteiger partial charge in [0.15, 0.2) is 0 Å². The van der Waals surface area contributed by atoms with Gasteiger partial charge in [-0.2, -0.15) is 0 Å². The monoisotopic (exact) mass is 1530 g/mol. The van der Waals surface area contributed by atoms with Crippen LogP contribution in [0.4, 0.5) is 0 Å². The van der Waals surface area contributed by atoms with Crippen LogP contribution >= 0.6 is 0 Å². The number of benzene rings is 4. The van der Waals surface area contributed by atoms with Gasteiger partial charge in [-0.15, -0.1) is 0 Å². The average Bonchev–Trinajstić information content (AvgIpc) is 0.870. The summed E-state index contributed by atoms with van der Waals surface area (Å²) in [5.74, 6) is 3.21. The largest absolute Gasteiger partial charge is 0.491 e. The summed E-state index contributed by atoms with van der Waals surface area (Å²) in [4.78, 5) is 10.4. The summed E-state index contributed by atoms with van der Waals surface area (Å²) in [5, 5.41) is 0. The lowest BCUT2D eigenvalue weighted by Gasteiger charge is -2.34. The van der Waals surface area contributed by atoms with Crippen LogP contribution in [0, 0.1) is 0 Å². The second-order valence-corrected chi connectivity index (χ2v) is 24.8. The summed E-state index contributed by atoms with van der Waals surface area (Å²) in [6.07, 6.45) is 0. The molecular weight excluding hydrogens is 1400 g/mol. The van der Waals surface area contributed by atoms with Gasteiger partial charge in [-0.3, -0.25) is 19.6 Å². The van der Waals surface area contributed by atoms with Gasteiger partial charge >= 0.3 is 0 Å². The molecule has 0 N–H and O–H groups in total. The van der Waals surface area contributed by atoms with E-state index in [0.29, 0.717) is 264 Å². The third-order valence-electron chi connectivity index (χ3n) is 16.4. The number of rotatable bonds is 72. The summed E-state index contributed by atoms with van der Waals surface area (Å²) < 4.78 is 134. The molecule has 0 aromatic heterocycles. The van der Waals surface area contributed by atoms with Crippen molar-refractivity contribution < 1.29 is 114 Å². The molecule has 0 amide bonds. The van der Waals surface area contributed by atoms with E-state index >= 15 is 0 Å². The van der Waals surface area contributed by atoms with Crippen LogP contribution in [-0.4, -0.2) is 365 Å². The molecule has 0 atom stereocenters. The zero-order valence-electron chi connectivity index (χ0n) is 65.6. The fraction of sp³-hybridized carbons (Fsp3) is 0.700. The Morgan fingerprint density at radius 1 is 0.167 bits per heavy atom. The zero-order chi connectivity index (χ0) is 76.0. The van der Waals surface area contributed by atoms with Crippen molar-refractivity contribution in [2.75, 3.05) is 345 Å². The molecular formula is C80H132N4O24. The van der Waals surface area contributed by atoms with E-state index in [1.807, 2.05) is 0 Å². The van der Waals surface area contributed by atoms with Crippen LogP contribution in [0.5, 0.6) is 23.0 Å². The van der Waals surface area contributed by atoms with Crippen LogP contribution in [0.1, 0.15) is 22.3 Å². The van der Waals surface area contributed by atoms with Gasteiger partial charge in [-0.25, -0.2) is 0 Å². The predicted octanol–water partition coefficient (Wildman–Crippen LogP) is 6.38. The van der Waals surface area contributed by atoms with Crippen molar-refractivity contribution in [1.29, 1.82) is 0 Å². The van der Waals surface area contributed by atoms with E-state index < -0.39 is 0 Å².